The zero-order chi connectivity index (χ0) is 18.4. The molecule has 134 valence electrons. The molecular formula is C20H18N6O. The lowest BCUT2D eigenvalue weighted by Gasteiger charge is -2.04. The Bertz CT molecular complexity index is 1260. The molecule has 0 unspecified atom stereocenters. The van der Waals surface area contributed by atoms with Gasteiger partial charge in [0.05, 0.1) is 24.5 Å². The maximum absolute atomic E-state index is 5.49. The van der Waals surface area contributed by atoms with E-state index in [4.69, 9.17) is 4.74 Å². The van der Waals surface area contributed by atoms with Crippen LogP contribution in [0.3, 0.4) is 0 Å². The lowest BCUT2D eigenvalue weighted by Crippen LogP contribution is -1.93. The molecule has 5 aromatic rings. The number of nitrogens with zero attached hydrogens (tertiary/aromatic N) is 5. The highest BCUT2D eigenvalue weighted by molar-refractivity contribution is 5.95. The van der Waals surface area contributed by atoms with Gasteiger partial charge in [-0.1, -0.05) is 0 Å². The number of hydrogen-bond donors (Lipinski definition) is 1. The Labute approximate surface area is 155 Å². The van der Waals surface area contributed by atoms with Gasteiger partial charge in [-0.05, 0) is 30.7 Å². The minimum absolute atomic E-state index is 0.598. The topological polar surface area (TPSA) is 73.0 Å². The zero-order valence-electron chi connectivity index (χ0n) is 15.0. The van der Waals surface area contributed by atoms with Crippen molar-refractivity contribution in [3.63, 3.8) is 0 Å². The molecule has 7 nitrogen and oxygen atoms in total. The molecule has 0 saturated carbocycles. The van der Waals surface area contributed by atoms with Gasteiger partial charge in [-0.15, -0.1) is 0 Å². The number of nitrogens with one attached hydrogen (secondary N) is 1. The summed E-state index contributed by atoms with van der Waals surface area (Å²) in [5, 5.41) is 9.79. The number of rotatable bonds is 4. The largest absolute Gasteiger partial charge is 0.478 e. The fourth-order valence-electron chi connectivity index (χ4n) is 3.38. The van der Waals surface area contributed by atoms with Gasteiger partial charge in [-0.25, -0.2) is 4.52 Å². The molecule has 0 spiro atoms. The number of hydrogen-bond acceptors (Lipinski definition) is 4. The fourth-order valence-corrected chi connectivity index (χ4v) is 3.38. The predicted molar refractivity (Wildman–Crippen MR) is 104 cm³/mol. The van der Waals surface area contributed by atoms with Crippen LogP contribution in [-0.2, 0) is 7.05 Å². The van der Waals surface area contributed by atoms with Crippen LogP contribution in [0.5, 0.6) is 5.88 Å². The molecule has 0 aliphatic rings. The van der Waals surface area contributed by atoms with Crippen molar-refractivity contribution in [2.24, 2.45) is 7.05 Å². The molecule has 0 aromatic carbocycles. The van der Waals surface area contributed by atoms with Gasteiger partial charge in [0, 0.05) is 53.8 Å². The Kier molecular flexibility index (Phi) is 3.46. The molecular weight excluding hydrogens is 340 g/mol. The summed E-state index contributed by atoms with van der Waals surface area (Å²) in [4.78, 5) is 7.78. The number of aryl methyl sites for hydroxylation is 1. The molecule has 0 saturated heterocycles. The SMILES string of the molecule is CCOc1ccc2c(-c3ccn4ncc(-c5cnn(C)c5)c4c3)c[nH]c2n1. The van der Waals surface area contributed by atoms with Crippen molar-refractivity contribution in [1.29, 1.82) is 0 Å². The van der Waals surface area contributed by atoms with Crippen LogP contribution in [0.4, 0.5) is 0 Å². The van der Waals surface area contributed by atoms with Crippen LogP contribution in [0.2, 0.25) is 0 Å². The van der Waals surface area contributed by atoms with Crippen LogP contribution >= 0.6 is 0 Å². The van der Waals surface area contributed by atoms with Crippen LogP contribution < -0.4 is 4.74 Å². The molecule has 0 aliphatic heterocycles. The highest BCUT2D eigenvalue weighted by Gasteiger charge is 2.12. The third-order valence-corrected chi connectivity index (χ3v) is 4.65. The third-order valence-electron chi connectivity index (χ3n) is 4.65. The fraction of sp³-hybridized carbons (Fsp3) is 0.150. The first-order valence-corrected chi connectivity index (χ1v) is 8.80. The number of pyridine rings is 2. The quantitative estimate of drug-likeness (QED) is 0.532. The van der Waals surface area contributed by atoms with E-state index in [1.54, 1.807) is 4.68 Å². The van der Waals surface area contributed by atoms with E-state index in [1.807, 2.05) is 61.6 Å². The van der Waals surface area contributed by atoms with E-state index in [2.05, 4.69) is 32.3 Å². The number of fused-ring (bicyclic) bond motifs is 2. The molecule has 5 rings (SSSR count). The second-order valence-electron chi connectivity index (χ2n) is 6.39. The van der Waals surface area contributed by atoms with E-state index in [0.29, 0.717) is 12.5 Å². The van der Waals surface area contributed by atoms with Gasteiger partial charge < -0.3 is 9.72 Å². The third kappa shape index (κ3) is 2.55. The Morgan fingerprint density at radius 2 is 2.00 bits per heavy atom. The summed E-state index contributed by atoms with van der Waals surface area (Å²) < 4.78 is 9.17. The highest BCUT2D eigenvalue weighted by Crippen LogP contribution is 2.32. The molecule has 5 aromatic heterocycles. The van der Waals surface area contributed by atoms with Crippen molar-refractivity contribution < 1.29 is 4.74 Å². The second kappa shape index (κ2) is 5.98. The van der Waals surface area contributed by atoms with Crippen molar-refractivity contribution in [2.45, 2.75) is 6.92 Å². The molecule has 27 heavy (non-hydrogen) atoms. The van der Waals surface area contributed by atoms with E-state index in [1.165, 1.54) is 0 Å². The number of ether oxygens (including phenoxy) is 1. The van der Waals surface area contributed by atoms with Crippen LogP contribution in [-0.4, -0.2) is 36.0 Å². The monoisotopic (exact) mass is 358 g/mol. The minimum Gasteiger partial charge on any atom is -0.478 e. The summed E-state index contributed by atoms with van der Waals surface area (Å²) >= 11 is 0. The standard InChI is InChI=1S/C20H18N6O/c1-3-27-19-5-4-15-16(10-21-20(15)24-19)13-6-7-26-18(8-13)17(11-23-26)14-9-22-25(2)12-14/h4-12H,3H2,1-2H3,(H,21,24). The molecule has 0 aliphatic carbocycles. The molecule has 0 radical (unpaired) electrons. The van der Waals surface area contributed by atoms with E-state index in [0.717, 1.165) is 38.8 Å². The van der Waals surface area contributed by atoms with Gasteiger partial charge in [0.2, 0.25) is 5.88 Å². The lowest BCUT2D eigenvalue weighted by molar-refractivity contribution is 0.328. The molecule has 0 fully saturated rings. The summed E-state index contributed by atoms with van der Waals surface area (Å²) in [6.07, 6.45) is 9.69. The molecule has 1 N–H and O–H groups in total. The maximum Gasteiger partial charge on any atom is 0.215 e. The van der Waals surface area contributed by atoms with Crippen LogP contribution in [0.25, 0.3) is 38.8 Å². The number of aromatic amines is 1. The first-order valence-electron chi connectivity index (χ1n) is 8.80. The lowest BCUT2D eigenvalue weighted by atomic mass is 10.0. The van der Waals surface area contributed by atoms with Crippen molar-refractivity contribution >= 4 is 16.6 Å². The van der Waals surface area contributed by atoms with Crippen molar-refractivity contribution in [1.82, 2.24) is 29.4 Å². The van der Waals surface area contributed by atoms with Crippen LogP contribution in [0.1, 0.15) is 6.92 Å². The molecule has 5 heterocycles. The van der Waals surface area contributed by atoms with Gasteiger partial charge >= 0.3 is 0 Å². The minimum atomic E-state index is 0.598. The van der Waals surface area contributed by atoms with Gasteiger partial charge in [0.15, 0.2) is 0 Å². The van der Waals surface area contributed by atoms with E-state index in [-0.39, 0.29) is 0 Å². The van der Waals surface area contributed by atoms with E-state index >= 15 is 0 Å². The molecule has 0 atom stereocenters. The van der Waals surface area contributed by atoms with Crippen molar-refractivity contribution in [2.75, 3.05) is 6.61 Å². The molecule has 0 amide bonds. The average Bonchev–Trinajstić information content (AvgIpc) is 3.38. The Morgan fingerprint density at radius 3 is 2.81 bits per heavy atom. The summed E-state index contributed by atoms with van der Waals surface area (Å²) in [5.74, 6) is 0.628. The summed E-state index contributed by atoms with van der Waals surface area (Å²) in [6.45, 7) is 2.55. The first-order chi connectivity index (χ1) is 13.2. The smallest absolute Gasteiger partial charge is 0.215 e. The van der Waals surface area contributed by atoms with E-state index < -0.39 is 0 Å². The van der Waals surface area contributed by atoms with Gasteiger partial charge in [0.1, 0.15) is 5.65 Å². The van der Waals surface area contributed by atoms with E-state index in [9.17, 15) is 0 Å². The van der Waals surface area contributed by atoms with Gasteiger partial charge in [0.25, 0.3) is 0 Å². The molecule has 0 bridgehead atoms. The highest BCUT2D eigenvalue weighted by atomic mass is 16.5. The maximum atomic E-state index is 5.49. The summed E-state index contributed by atoms with van der Waals surface area (Å²) in [6, 6.07) is 8.16. The van der Waals surface area contributed by atoms with Crippen LogP contribution in [0.15, 0.2) is 55.2 Å². The molecule has 7 heteroatoms. The second-order valence-corrected chi connectivity index (χ2v) is 6.39. The Balaban J connectivity index is 1.64. The van der Waals surface area contributed by atoms with Crippen molar-refractivity contribution in [3.8, 4) is 28.1 Å². The summed E-state index contributed by atoms with van der Waals surface area (Å²) in [5.41, 5.74) is 6.16. The Hall–Kier alpha value is -3.61. The van der Waals surface area contributed by atoms with Gasteiger partial charge in [-0.3, -0.25) is 4.68 Å². The normalized spacial score (nSPS) is 11.5. The number of aromatic nitrogens is 6. The summed E-state index contributed by atoms with van der Waals surface area (Å²) in [7, 11) is 1.91. The zero-order valence-corrected chi connectivity index (χ0v) is 15.0. The van der Waals surface area contributed by atoms with Gasteiger partial charge in [-0.2, -0.15) is 15.2 Å². The first kappa shape index (κ1) is 15.6. The van der Waals surface area contributed by atoms with Crippen LogP contribution in [0, 0.1) is 0 Å². The number of H-pyrrole nitrogens is 1. The predicted octanol–water partition coefficient (Wildman–Crippen LogP) is 3.68. The van der Waals surface area contributed by atoms with Crippen molar-refractivity contribution in [3.05, 3.63) is 55.2 Å². The Morgan fingerprint density at radius 1 is 1.07 bits per heavy atom. The average molecular weight is 358 g/mol.